The molecule has 0 aromatic heterocycles. The highest BCUT2D eigenvalue weighted by Gasteiger charge is 2.26. The molecule has 2 nitrogen and oxygen atoms in total. The molecule has 21 heavy (non-hydrogen) atoms. The molecule has 0 saturated carbocycles. The summed E-state index contributed by atoms with van der Waals surface area (Å²) >= 11 is 0. The molecular weight excluding hydrogens is 279 g/mol. The van der Waals surface area contributed by atoms with E-state index in [4.69, 9.17) is 0 Å². The Kier molecular flexibility index (Phi) is 3.74. The number of hydrogen-bond donors (Lipinski definition) is 1. The van der Waals surface area contributed by atoms with Crippen molar-refractivity contribution in [1.29, 1.82) is 0 Å². The van der Waals surface area contributed by atoms with E-state index in [-0.39, 0.29) is 0 Å². The van der Waals surface area contributed by atoms with Crippen molar-refractivity contribution in [1.82, 2.24) is 0 Å². The predicted octanol–water partition coefficient (Wildman–Crippen LogP) is 3.57. The van der Waals surface area contributed by atoms with Gasteiger partial charge in [0, 0.05) is 10.6 Å². The minimum atomic E-state index is -3.60. The Labute approximate surface area is 124 Å². The van der Waals surface area contributed by atoms with Crippen molar-refractivity contribution in [2.45, 2.75) is 0 Å². The van der Waals surface area contributed by atoms with E-state index in [0.717, 1.165) is 11.1 Å². The average molecular weight is 294 g/mol. The Bertz CT molecular complexity index is 783. The van der Waals surface area contributed by atoms with E-state index in [2.05, 4.69) is 0 Å². The Morgan fingerprint density at radius 2 is 1.19 bits per heavy atom. The zero-order chi connectivity index (χ0) is 14.7. The van der Waals surface area contributed by atoms with Crippen LogP contribution >= 0.6 is 7.37 Å². The first kappa shape index (κ1) is 13.8. The summed E-state index contributed by atoms with van der Waals surface area (Å²) in [5.74, 6) is 0. The van der Waals surface area contributed by atoms with Gasteiger partial charge in [0.1, 0.15) is 0 Å². The topological polar surface area (TPSA) is 37.3 Å². The fourth-order valence-electron chi connectivity index (χ4n) is 2.37. The molecule has 0 aliphatic heterocycles. The van der Waals surface area contributed by atoms with Gasteiger partial charge in [0.25, 0.3) is 7.37 Å². The molecule has 3 heteroatoms. The van der Waals surface area contributed by atoms with Gasteiger partial charge < -0.3 is 4.89 Å². The standard InChI is InChI=1S/C18H15O2P/c19-21(20,16-11-5-2-6-12-16)18-14-8-7-13-17(18)15-9-3-1-4-10-15/h1-14H,(H,19,20). The van der Waals surface area contributed by atoms with Gasteiger partial charge in [-0.1, -0.05) is 66.7 Å². The lowest BCUT2D eigenvalue weighted by atomic mass is 10.1. The first-order valence-corrected chi connectivity index (χ1v) is 8.39. The lowest BCUT2D eigenvalue weighted by Gasteiger charge is -2.16. The average Bonchev–Trinajstić information content (AvgIpc) is 2.56. The Balaban J connectivity index is 2.18. The lowest BCUT2D eigenvalue weighted by molar-refractivity contribution is 0.501. The molecule has 0 amide bonds. The molecule has 0 bridgehead atoms. The second-order valence-corrected chi connectivity index (χ2v) is 6.95. The molecule has 3 aromatic rings. The largest absolute Gasteiger partial charge is 0.338 e. The number of hydrogen-bond acceptors (Lipinski definition) is 1. The van der Waals surface area contributed by atoms with Crippen LogP contribution in [0.2, 0.25) is 0 Å². The van der Waals surface area contributed by atoms with Gasteiger partial charge in [-0.15, -0.1) is 0 Å². The van der Waals surface area contributed by atoms with Crippen molar-refractivity contribution in [3.8, 4) is 11.1 Å². The molecule has 1 atom stereocenters. The third kappa shape index (κ3) is 2.69. The van der Waals surface area contributed by atoms with Gasteiger partial charge in [-0.3, -0.25) is 4.57 Å². The lowest BCUT2D eigenvalue weighted by Crippen LogP contribution is -2.17. The van der Waals surface area contributed by atoms with E-state index < -0.39 is 7.37 Å². The molecule has 3 aromatic carbocycles. The van der Waals surface area contributed by atoms with Crippen LogP contribution in [0.15, 0.2) is 84.9 Å². The van der Waals surface area contributed by atoms with Crippen LogP contribution in [0.25, 0.3) is 11.1 Å². The highest BCUT2D eigenvalue weighted by Crippen LogP contribution is 2.41. The highest BCUT2D eigenvalue weighted by atomic mass is 31.2. The van der Waals surface area contributed by atoms with Gasteiger partial charge in [0.05, 0.1) is 0 Å². The van der Waals surface area contributed by atoms with Gasteiger partial charge >= 0.3 is 0 Å². The van der Waals surface area contributed by atoms with E-state index in [1.807, 2.05) is 48.5 Å². The van der Waals surface area contributed by atoms with Crippen LogP contribution in [0.4, 0.5) is 0 Å². The van der Waals surface area contributed by atoms with E-state index in [0.29, 0.717) is 10.6 Å². The zero-order valence-electron chi connectivity index (χ0n) is 11.4. The molecule has 0 aliphatic rings. The van der Waals surface area contributed by atoms with Crippen molar-refractivity contribution < 1.29 is 9.46 Å². The SMILES string of the molecule is O=P(O)(c1ccccc1)c1ccccc1-c1ccccc1. The van der Waals surface area contributed by atoms with Crippen molar-refractivity contribution in [2.24, 2.45) is 0 Å². The zero-order valence-corrected chi connectivity index (χ0v) is 12.3. The molecule has 1 N–H and O–H groups in total. The van der Waals surface area contributed by atoms with Gasteiger partial charge in [-0.05, 0) is 29.3 Å². The summed E-state index contributed by atoms with van der Waals surface area (Å²) in [6.07, 6.45) is 0. The van der Waals surface area contributed by atoms with Crippen LogP contribution in [-0.4, -0.2) is 4.89 Å². The third-order valence-corrected chi connectivity index (χ3v) is 5.46. The van der Waals surface area contributed by atoms with Gasteiger partial charge in [0.15, 0.2) is 0 Å². The third-order valence-electron chi connectivity index (χ3n) is 3.42. The minimum absolute atomic E-state index is 0.452. The van der Waals surface area contributed by atoms with Crippen LogP contribution in [0.3, 0.4) is 0 Å². The Morgan fingerprint density at radius 3 is 1.86 bits per heavy atom. The van der Waals surface area contributed by atoms with Crippen molar-refractivity contribution in [3.63, 3.8) is 0 Å². The highest BCUT2D eigenvalue weighted by molar-refractivity contribution is 7.73. The summed E-state index contributed by atoms with van der Waals surface area (Å²) in [6, 6.07) is 25.8. The van der Waals surface area contributed by atoms with E-state index in [1.54, 1.807) is 36.4 Å². The van der Waals surface area contributed by atoms with Gasteiger partial charge in [0.2, 0.25) is 0 Å². The quantitative estimate of drug-likeness (QED) is 0.750. The first-order chi connectivity index (χ1) is 10.2. The maximum Gasteiger partial charge on any atom is 0.259 e. The second-order valence-electron chi connectivity index (χ2n) is 4.79. The van der Waals surface area contributed by atoms with Crippen LogP contribution < -0.4 is 10.6 Å². The summed E-state index contributed by atoms with van der Waals surface area (Å²) < 4.78 is 13.0. The Hall–Kier alpha value is -2.15. The normalized spacial score (nSPS) is 13.6. The molecule has 0 radical (unpaired) electrons. The fraction of sp³-hybridized carbons (Fsp3) is 0. The molecule has 1 unspecified atom stereocenters. The molecular formula is C18H15O2P. The molecule has 104 valence electrons. The number of benzene rings is 3. The monoisotopic (exact) mass is 294 g/mol. The molecule has 0 spiro atoms. The summed E-state index contributed by atoms with van der Waals surface area (Å²) in [5, 5.41) is 0.927. The molecule has 0 heterocycles. The second kappa shape index (κ2) is 5.69. The first-order valence-electron chi connectivity index (χ1n) is 6.73. The van der Waals surface area contributed by atoms with E-state index in [1.165, 1.54) is 0 Å². The van der Waals surface area contributed by atoms with Crippen molar-refractivity contribution >= 4 is 18.0 Å². The molecule has 3 rings (SSSR count). The summed E-state index contributed by atoms with van der Waals surface area (Å²) in [6.45, 7) is 0. The van der Waals surface area contributed by atoms with E-state index >= 15 is 0 Å². The van der Waals surface area contributed by atoms with Crippen LogP contribution in [-0.2, 0) is 4.57 Å². The summed E-state index contributed by atoms with van der Waals surface area (Å²) in [4.78, 5) is 10.7. The van der Waals surface area contributed by atoms with E-state index in [9.17, 15) is 9.46 Å². The van der Waals surface area contributed by atoms with Crippen LogP contribution in [0.5, 0.6) is 0 Å². The van der Waals surface area contributed by atoms with Crippen molar-refractivity contribution in [2.75, 3.05) is 0 Å². The molecule has 0 fully saturated rings. The predicted molar refractivity (Wildman–Crippen MR) is 87.4 cm³/mol. The minimum Gasteiger partial charge on any atom is -0.338 e. The smallest absolute Gasteiger partial charge is 0.259 e. The maximum absolute atomic E-state index is 13.0. The van der Waals surface area contributed by atoms with Crippen molar-refractivity contribution in [3.05, 3.63) is 84.9 Å². The fourth-order valence-corrected chi connectivity index (χ4v) is 4.04. The Morgan fingerprint density at radius 1 is 0.667 bits per heavy atom. The molecule has 0 saturated heterocycles. The number of rotatable bonds is 3. The van der Waals surface area contributed by atoms with Crippen LogP contribution in [0, 0.1) is 0 Å². The van der Waals surface area contributed by atoms with Gasteiger partial charge in [-0.2, -0.15) is 0 Å². The van der Waals surface area contributed by atoms with Gasteiger partial charge in [-0.25, -0.2) is 0 Å². The summed E-state index contributed by atoms with van der Waals surface area (Å²) in [7, 11) is -3.60. The summed E-state index contributed by atoms with van der Waals surface area (Å²) in [5.41, 5.74) is 1.74. The molecule has 0 aliphatic carbocycles. The maximum atomic E-state index is 13.0. The van der Waals surface area contributed by atoms with Crippen LogP contribution in [0.1, 0.15) is 0 Å².